The fourth-order valence-corrected chi connectivity index (χ4v) is 7.62. The van der Waals surface area contributed by atoms with Gasteiger partial charge >= 0.3 is 11.9 Å². The molecule has 5 heterocycles. The molecule has 0 radical (unpaired) electrons. The van der Waals surface area contributed by atoms with E-state index in [9.17, 15) is 76.0 Å². The van der Waals surface area contributed by atoms with Crippen LogP contribution in [-0.4, -0.2) is 265 Å². The first-order valence-electron chi connectivity index (χ1n) is 19.8. The number of azide groups is 1. The summed E-state index contributed by atoms with van der Waals surface area (Å²) in [4.78, 5) is 27.5. The molecule has 25 atom stereocenters. The SMILES string of the molecule is [N-]=[N+]=NCCCO[C@@H]1O[C@H](CO)[C@@H](O)[C@H](O[C@@H]2O[C@H](C(=O)O)[C@@H](O[C@@H]3O[C@H](CO)[C@@H](O)[C@H](O[C@@H]4O[C@H](C(=O)O)[C@@H](O[C@@H]5O[C@H](CO)[C@@H](O)[C@H](O)[C@H]5N)[C@H](O)[C@H]4O)[C@H]3N)[C@H](O)[C@H]2O)[C@H]1N. The van der Waals surface area contributed by atoms with E-state index < -0.39 is 185 Å². The molecule has 5 rings (SSSR count). The molecule has 0 unspecified atom stereocenters. The molecule has 0 aromatic heterocycles. The van der Waals surface area contributed by atoms with Crippen molar-refractivity contribution in [2.45, 2.75) is 160 Å². The summed E-state index contributed by atoms with van der Waals surface area (Å²) in [5.74, 6) is -3.65. The van der Waals surface area contributed by atoms with Crippen molar-refractivity contribution in [2.24, 2.45) is 22.3 Å². The van der Waals surface area contributed by atoms with Crippen LogP contribution in [-0.2, 0) is 57.0 Å². The van der Waals surface area contributed by atoms with Crippen molar-refractivity contribution in [3.8, 4) is 0 Å². The first-order valence-corrected chi connectivity index (χ1v) is 19.8. The second kappa shape index (κ2) is 22.9. The molecule has 0 saturated carbocycles. The molecule has 5 fully saturated rings. The molecule has 64 heavy (non-hydrogen) atoms. The number of nitrogens with two attached hydrogens (primary N) is 3. The van der Waals surface area contributed by atoms with Crippen LogP contribution in [0.1, 0.15) is 6.42 Å². The second-order valence-corrected chi connectivity index (χ2v) is 15.4. The first kappa shape index (κ1) is 52.3. The average Bonchev–Trinajstić information content (AvgIpc) is 3.26. The Kier molecular flexibility index (Phi) is 18.7. The highest BCUT2D eigenvalue weighted by Crippen LogP contribution is 2.35. The summed E-state index contributed by atoms with van der Waals surface area (Å²) in [5.41, 5.74) is 26.9. The van der Waals surface area contributed by atoms with E-state index in [1.165, 1.54) is 0 Å². The van der Waals surface area contributed by atoms with Crippen LogP contribution in [0, 0.1) is 0 Å². The lowest BCUT2D eigenvalue weighted by Gasteiger charge is -2.49. The van der Waals surface area contributed by atoms with Crippen LogP contribution in [0.2, 0.25) is 0 Å². The third-order valence-corrected chi connectivity index (χ3v) is 11.2. The lowest BCUT2D eigenvalue weighted by molar-refractivity contribution is -0.372. The summed E-state index contributed by atoms with van der Waals surface area (Å²) in [6.45, 7) is -2.67. The molecule has 19 N–H and O–H groups in total. The van der Waals surface area contributed by atoms with Crippen molar-refractivity contribution in [1.82, 2.24) is 0 Å². The van der Waals surface area contributed by atoms with Crippen LogP contribution >= 0.6 is 0 Å². The zero-order valence-electron chi connectivity index (χ0n) is 33.5. The predicted octanol–water partition coefficient (Wildman–Crippen LogP) is -10.1. The summed E-state index contributed by atoms with van der Waals surface area (Å²) in [6, 6.07) is -4.78. The minimum absolute atomic E-state index is 0.0459. The van der Waals surface area contributed by atoms with Crippen LogP contribution in [0.5, 0.6) is 0 Å². The number of carboxylic acids is 2. The molecule has 368 valence electrons. The summed E-state index contributed by atoms with van der Waals surface area (Å²) in [5, 5.41) is 140. The van der Waals surface area contributed by atoms with Crippen LogP contribution < -0.4 is 17.2 Å². The lowest BCUT2D eigenvalue weighted by atomic mass is 9.94. The Hall–Kier alpha value is -2.71. The lowest BCUT2D eigenvalue weighted by Crippen LogP contribution is -2.70. The Morgan fingerprint density at radius 2 is 0.906 bits per heavy atom. The molecule has 5 saturated heterocycles. The molecule has 5 aliphatic rings. The number of carboxylic acid groups (broad SMARTS) is 2. The van der Waals surface area contributed by atoms with Gasteiger partial charge in [-0.25, -0.2) is 9.59 Å². The van der Waals surface area contributed by atoms with Crippen LogP contribution in [0.4, 0.5) is 0 Å². The molecular formula is C33H56N6O25. The number of carbonyl (C=O) groups is 2. The molecule has 0 aromatic rings. The van der Waals surface area contributed by atoms with Crippen molar-refractivity contribution < 1.29 is 123 Å². The third-order valence-electron chi connectivity index (χ3n) is 11.2. The van der Waals surface area contributed by atoms with Gasteiger partial charge in [-0.05, 0) is 12.0 Å². The smallest absolute Gasteiger partial charge is 0.335 e. The van der Waals surface area contributed by atoms with Gasteiger partial charge < -0.3 is 131 Å². The molecule has 5 aliphatic heterocycles. The summed E-state index contributed by atoms with van der Waals surface area (Å²) in [6.07, 6.45) is -41.9. The zero-order valence-corrected chi connectivity index (χ0v) is 33.5. The Morgan fingerprint density at radius 1 is 0.516 bits per heavy atom. The molecular weight excluding hydrogens is 880 g/mol. The monoisotopic (exact) mass is 936 g/mol. The second-order valence-electron chi connectivity index (χ2n) is 15.4. The minimum Gasteiger partial charge on any atom is -0.479 e. The topological polar surface area (TPSA) is 516 Å². The standard InChI is InChI=1S/C33H56N6O25/c34-10-16(46)13(43)7(4-40)57-30(10)61-23-17(47)19(49)33(63-25(23)27(51)52)60-22-12(36)31(58-9(6-42)15(22)45)62-24-18(48)20(50)32(64-26(24)28(53)54)59-21-11(35)29(55-3-1-2-38-39-37)56-8(5-41)14(21)44/h7-26,29-33,40-50H,1-6,34-36H2,(H,51,52)(H,53,54)/t7-,8-,9-,10-,11-,12-,13-,14-,15-,16-,17-,18-,19-,20-,21-,22-,23+,24+,25+,26+,29-,30+,31+,32-,33-/m1/s1. The highest BCUT2D eigenvalue weighted by molar-refractivity contribution is 5.74. The highest BCUT2D eigenvalue weighted by Gasteiger charge is 2.58. The van der Waals surface area contributed by atoms with Gasteiger partial charge in [0.05, 0.1) is 37.9 Å². The maximum absolute atomic E-state index is 12.6. The van der Waals surface area contributed by atoms with Gasteiger partial charge in [-0.3, -0.25) is 0 Å². The summed E-state index contributed by atoms with van der Waals surface area (Å²) in [7, 11) is 0. The fraction of sp³-hybridized carbons (Fsp3) is 0.939. The molecule has 0 bridgehead atoms. The van der Waals surface area contributed by atoms with Crippen molar-refractivity contribution >= 4 is 11.9 Å². The maximum atomic E-state index is 12.6. The Morgan fingerprint density at radius 3 is 1.33 bits per heavy atom. The van der Waals surface area contributed by atoms with Crippen molar-refractivity contribution in [3.05, 3.63) is 10.4 Å². The quantitative estimate of drug-likeness (QED) is 0.0263. The van der Waals surface area contributed by atoms with E-state index in [1.807, 2.05) is 0 Å². The highest BCUT2D eigenvalue weighted by atomic mass is 16.8. The number of aliphatic hydroxyl groups excluding tert-OH is 11. The van der Waals surface area contributed by atoms with Gasteiger partial charge in [-0.1, -0.05) is 5.11 Å². The molecule has 31 heteroatoms. The van der Waals surface area contributed by atoms with Crippen molar-refractivity contribution in [3.63, 3.8) is 0 Å². The Balaban J connectivity index is 1.29. The number of rotatable bonds is 18. The normalized spacial score (nSPS) is 47.7. The van der Waals surface area contributed by atoms with Crippen LogP contribution in [0.25, 0.3) is 10.4 Å². The molecule has 0 spiro atoms. The number of nitrogens with zero attached hydrogens (tertiary/aromatic N) is 3. The van der Waals surface area contributed by atoms with Crippen LogP contribution in [0.15, 0.2) is 5.11 Å². The first-order chi connectivity index (χ1) is 30.3. The molecule has 0 amide bonds. The Labute approximate surface area is 360 Å². The number of hydrogen-bond donors (Lipinski definition) is 16. The van der Waals surface area contributed by atoms with Gasteiger partial charge in [0, 0.05) is 18.1 Å². The minimum atomic E-state index is -2.26. The number of aliphatic hydroxyl groups is 11. The van der Waals surface area contributed by atoms with E-state index in [2.05, 4.69) is 10.0 Å². The third kappa shape index (κ3) is 11.2. The van der Waals surface area contributed by atoms with E-state index in [0.717, 1.165) is 0 Å². The number of hydrogen-bond acceptors (Lipinski definition) is 27. The van der Waals surface area contributed by atoms with E-state index in [0.29, 0.717) is 0 Å². The van der Waals surface area contributed by atoms with Gasteiger partial charge in [0.25, 0.3) is 0 Å². The number of ether oxygens (including phenoxy) is 10. The fourth-order valence-electron chi connectivity index (χ4n) is 7.62. The molecule has 31 nitrogen and oxygen atoms in total. The van der Waals surface area contributed by atoms with E-state index >= 15 is 0 Å². The maximum Gasteiger partial charge on any atom is 0.335 e. The largest absolute Gasteiger partial charge is 0.479 e. The zero-order chi connectivity index (χ0) is 47.3. The van der Waals surface area contributed by atoms with E-state index in [-0.39, 0.29) is 19.6 Å². The van der Waals surface area contributed by atoms with Gasteiger partial charge in [0.2, 0.25) is 0 Å². The summed E-state index contributed by atoms with van der Waals surface area (Å²) >= 11 is 0. The average molecular weight is 937 g/mol. The van der Waals surface area contributed by atoms with Crippen molar-refractivity contribution in [2.75, 3.05) is 33.0 Å². The summed E-state index contributed by atoms with van der Waals surface area (Å²) < 4.78 is 55.4. The van der Waals surface area contributed by atoms with E-state index in [1.54, 1.807) is 0 Å². The Bertz CT molecular complexity index is 1570. The molecule has 0 aromatic carbocycles. The van der Waals surface area contributed by atoms with Crippen molar-refractivity contribution in [1.29, 1.82) is 0 Å². The number of aliphatic carboxylic acids is 2. The van der Waals surface area contributed by atoms with Crippen LogP contribution in [0.3, 0.4) is 0 Å². The van der Waals surface area contributed by atoms with Gasteiger partial charge in [-0.2, -0.15) is 0 Å². The predicted molar refractivity (Wildman–Crippen MR) is 196 cm³/mol. The van der Waals surface area contributed by atoms with E-state index in [4.69, 9.17) is 70.1 Å². The van der Waals surface area contributed by atoms with Gasteiger partial charge in [0.1, 0.15) is 91.6 Å². The molecule has 0 aliphatic carbocycles. The van der Waals surface area contributed by atoms with Gasteiger partial charge in [-0.15, -0.1) is 0 Å². The van der Waals surface area contributed by atoms with Gasteiger partial charge in [0.15, 0.2) is 43.7 Å².